The summed E-state index contributed by atoms with van der Waals surface area (Å²) in [6.45, 7) is 2.20. The maximum atomic E-state index is 12.0. The Morgan fingerprint density at radius 1 is 1.29 bits per heavy atom. The fourth-order valence-corrected chi connectivity index (χ4v) is 3.24. The quantitative estimate of drug-likeness (QED) is 0.503. The molecule has 8 heteroatoms. The van der Waals surface area contributed by atoms with Crippen LogP contribution in [-0.2, 0) is 11.4 Å². The number of tetrazole rings is 1. The number of nitrogens with one attached hydrogen (secondary N) is 1. The lowest BCUT2D eigenvalue weighted by molar-refractivity contribution is 0.213. The maximum Gasteiger partial charge on any atom is 0.365 e. The van der Waals surface area contributed by atoms with Gasteiger partial charge < -0.3 is 9.57 Å². The fourth-order valence-electron chi connectivity index (χ4n) is 3.24. The monoisotopic (exact) mass is 379 g/mol. The minimum atomic E-state index is -0.373. The first-order chi connectivity index (χ1) is 13.7. The summed E-state index contributed by atoms with van der Waals surface area (Å²) < 4.78 is 7.36. The summed E-state index contributed by atoms with van der Waals surface area (Å²) in [5.74, 6) is 1.22. The first-order valence-corrected chi connectivity index (χ1v) is 9.11. The molecule has 0 amide bonds. The van der Waals surface area contributed by atoms with E-state index in [1.165, 1.54) is 17.4 Å². The smallest absolute Gasteiger partial charge is 0.365 e. The largest absolute Gasteiger partial charge is 0.489 e. The molecule has 4 rings (SSSR count). The lowest BCUT2D eigenvalue weighted by Crippen LogP contribution is -2.19. The van der Waals surface area contributed by atoms with Gasteiger partial charge in [0.15, 0.2) is 0 Å². The third kappa shape index (κ3) is 3.66. The highest BCUT2D eigenvalue weighted by Crippen LogP contribution is 2.43. The zero-order chi connectivity index (χ0) is 19.5. The molecule has 0 unspecified atom stereocenters. The molecular formula is C20H21N5O3. The highest BCUT2D eigenvalue weighted by atomic mass is 16.6. The third-order valence-corrected chi connectivity index (χ3v) is 4.77. The Morgan fingerprint density at radius 3 is 2.82 bits per heavy atom. The van der Waals surface area contributed by atoms with E-state index in [1.807, 2.05) is 43.3 Å². The number of rotatable bonds is 7. The van der Waals surface area contributed by atoms with Crippen LogP contribution in [-0.4, -0.2) is 33.0 Å². The number of oxime groups is 1. The molecule has 1 saturated carbocycles. The number of hydrogen-bond acceptors (Lipinski definition) is 6. The van der Waals surface area contributed by atoms with Crippen LogP contribution in [0.1, 0.15) is 42.4 Å². The molecule has 0 spiro atoms. The molecule has 3 aromatic rings. The van der Waals surface area contributed by atoms with Gasteiger partial charge in [0.25, 0.3) is 0 Å². The Morgan fingerprint density at radius 2 is 2.11 bits per heavy atom. The van der Waals surface area contributed by atoms with Crippen molar-refractivity contribution in [2.24, 2.45) is 5.16 Å². The molecule has 0 bridgehead atoms. The summed E-state index contributed by atoms with van der Waals surface area (Å²) in [7, 11) is 1.52. The van der Waals surface area contributed by atoms with Crippen LogP contribution in [0.25, 0.3) is 5.69 Å². The minimum absolute atomic E-state index is 0.325. The van der Waals surface area contributed by atoms with Gasteiger partial charge in [0, 0.05) is 11.1 Å². The standard InChI is InChI=1S/C20H21N5O3/c1-13(22-27-2)15-5-3-6-16(11-15)28-12-18-17(14-9-10-14)7-4-8-19(18)25-20(26)21-23-24-25/h3-8,11,14H,9-10,12H2,1-2H3,(H,21,24,26)/b22-13+. The normalized spacial score (nSPS) is 14.1. The second-order valence-corrected chi connectivity index (χ2v) is 6.71. The highest BCUT2D eigenvalue weighted by molar-refractivity contribution is 5.98. The van der Waals surface area contributed by atoms with E-state index in [1.54, 1.807) is 0 Å². The van der Waals surface area contributed by atoms with Gasteiger partial charge >= 0.3 is 5.69 Å². The Kier molecular flexibility index (Phi) is 4.92. The van der Waals surface area contributed by atoms with Crippen LogP contribution in [0.15, 0.2) is 52.4 Å². The van der Waals surface area contributed by atoms with E-state index in [2.05, 4.69) is 26.7 Å². The summed E-state index contributed by atoms with van der Waals surface area (Å²) in [4.78, 5) is 16.9. The lowest BCUT2D eigenvalue weighted by Gasteiger charge is -2.15. The molecule has 1 aliphatic rings. The van der Waals surface area contributed by atoms with Gasteiger partial charge in [-0.15, -0.1) is 0 Å². The molecule has 1 heterocycles. The summed E-state index contributed by atoms with van der Waals surface area (Å²) in [6.07, 6.45) is 2.29. The summed E-state index contributed by atoms with van der Waals surface area (Å²) in [5, 5.41) is 13.8. The number of benzene rings is 2. The van der Waals surface area contributed by atoms with E-state index in [0.29, 0.717) is 24.0 Å². The van der Waals surface area contributed by atoms with Gasteiger partial charge in [-0.25, -0.2) is 9.89 Å². The zero-order valence-electron chi connectivity index (χ0n) is 15.8. The number of hydrogen-bond donors (Lipinski definition) is 1. The van der Waals surface area contributed by atoms with Crippen molar-refractivity contribution >= 4 is 5.71 Å². The number of aromatic amines is 1. The molecule has 28 heavy (non-hydrogen) atoms. The van der Waals surface area contributed by atoms with Crippen LogP contribution in [0, 0.1) is 0 Å². The van der Waals surface area contributed by atoms with Crippen molar-refractivity contribution in [3.63, 3.8) is 0 Å². The van der Waals surface area contributed by atoms with E-state index < -0.39 is 0 Å². The predicted molar refractivity (Wildman–Crippen MR) is 104 cm³/mol. The van der Waals surface area contributed by atoms with E-state index in [-0.39, 0.29) is 5.69 Å². The lowest BCUT2D eigenvalue weighted by atomic mass is 10.0. The van der Waals surface area contributed by atoms with Crippen molar-refractivity contribution in [3.8, 4) is 11.4 Å². The van der Waals surface area contributed by atoms with Gasteiger partial charge in [-0.3, -0.25) is 0 Å². The highest BCUT2D eigenvalue weighted by Gasteiger charge is 2.28. The second kappa shape index (κ2) is 7.67. The Hall–Kier alpha value is -3.42. The average molecular weight is 379 g/mol. The maximum absolute atomic E-state index is 12.0. The molecule has 1 aromatic heterocycles. The Bertz CT molecular complexity index is 1070. The molecule has 1 aliphatic carbocycles. The molecule has 1 fully saturated rings. The van der Waals surface area contributed by atoms with Crippen molar-refractivity contribution in [2.75, 3.05) is 7.11 Å². The molecule has 0 saturated heterocycles. The van der Waals surface area contributed by atoms with Crippen LogP contribution >= 0.6 is 0 Å². The Labute approximate surface area is 161 Å². The van der Waals surface area contributed by atoms with Crippen molar-refractivity contribution in [1.82, 2.24) is 20.2 Å². The second-order valence-electron chi connectivity index (χ2n) is 6.71. The number of ether oxygens (including phenoxy) is 1. The average Bonchev–Trinajstić information content (AvgIpc) is 3.47. The van der Waals surface area contributed by atoms with Crippen LogP contribution in [0.5, 0.6) is 5.75 Å². The molecule has 8 nitrogen and oxygen atoms in total. The van der Waals surface area contributed by atoms with E-state index in [0.717, 1.165) is 29.7 Å². The van der Waals surface area contributed by atoms with Gasteiger partial charge in [0.2, 0.25) is 0 Å². The SMILES string of the molecule is CO/N=C(\C)c1cccc(OCc2c(C3CC3)cccc2-n2nn[nH]c2=O)c1. The predicted octanol–water partition coefficient (Wildman–Crippen LogP) is 2.78. The van der Waals surface area contributed by atoms with Crippen LogP contribution in [0.4, 0.5) is 0 Å². The van der Waals surface area contributed by atoms with Crippen molar-refractivity contribution in [3.05, 3.63) is 69.6 Å². The first-order valence-electron chi connectivity index (χ1n) is 9.11. The van der Waals surface area contributed by atoms with E-state index >= 15 is 0 Å². The van der Waals surface area contributed by atoms with Gasteiger partial charge in [-0.2, -0.15) is 4.68 Å². The van der Waals surface area contributed by atoms with Gasteiger partial charge in [-0.05, 0) is 59.9 Å². The number of aromatic nitrogens is 4. The molecule has 1 N–H and O–H groups in total. The van der Waals surface area contributed by atoms with Gasteiger partial charge in [0.05, 0.1) is 11.4 Å². The van der Waals surface area contributed by atoms with Gasteiger partial charge in [0.1, 0.15) is 19.5 Å². The molecule has 0 aliphatic heterocycles. The first kappa shape index (κ1) is 18.0. The molecule has 144 valence electrons. The van der Waals surface area contributed by atoms with Crippen LogP contribution < -0.4 is 10.4 Å². The third-order valence-electron chi connectivity index (χ3n) is 4.77. The van der Waals surface area contributed by atoms with E-state index in [4.69, 9.17) is 9.57 Å². The minimum Gasteiger partial charge on any atom is -0.489 e. The number of nitrogens with zero attached hydrogens (tertiary/aromatic N) is 4. The molecule has 0 atom stereocenters. The van der Waals surface area contributed by atoms with Gasteiger partial charge in [-0.1, -0.05) is 29.4 Å². The summed E-state index contributed by atoms with van der Waals surface area (Å²) >= 11 is 0. The van der Waals surface area contributed by atoms with E-state index in [9.17, 15) is 4.79 Å². The number of H-pyrrole nitrogens is 1. The van der Waals surface area contributed by atoms with Crippen molar-refractivity contribution in [2.45, 2.75) is 32.3 Å². The summed E-state index contributed by atoms with van der Waals surface area (Å²) in [6, 6.07) is 13.6. The van der Waals surface area contributed by atoms with Crippen LogP contribution in [0.2, 0.25) is 0 Å². The molecule has 0 radical (unpaired) electrons. The van der Waals surface area contributed by atoms with Crippen LogP contribution in [0.3, 0.4) is 0 Å². The topological polar surface area (TPSA) is 94.4 Å². The fraction of sp³-hybridized carbons (Fsp3) is 0.300. The van der Waals surface area contributed by atoms with Crippen molar-refractivity contribution < 1.29 is 9.57 Å². The zero-order valence-corrected chi connectivity index (χ0v) is 15.8. The molecular weight excluding hydrogens is 358 g/mol. The Balaban J connectivity index is 1.65. The molecule has 2 aromatic carbocycles. The van der Waals surface area contributed by atoms with Crippen molar-refractivity contribution in [1.29, 1.82) is 0 Å². The summed E-state index contributed by atoms with van der Waals surface area (Å²) in [5.41, 5.74) is 4.15.